The fourth-order valence-electron chi connectivity index (χ4n) is 3.58. The molecule has 0 aliphatic carbocycles. The van der Waals surface area contributed by atoms with Gasteiger partial charge in [-0.2, -0.15) is 0 Å². The van der Waals surface area contributed by atoms with E-state index in [-0.39, 0.29) is 12.5 Å². The molecule has 2 N–H and O–H groups in total. The lowest BCUT2D eigenvalue weighted by atomic mass is 10.1. The van der Waals surface area contributed by atoms with Crippen molar-refractivity contribution in [1.82, 2.24) is 9.97 Å². The first-order valence-corrected chi connectivity index (χ1v) is 9.55. The van der Waals surface area contributed by atoms with Gasteiger partial charge in [-0.25, -0.2) is 4.98 Å². The number of ether oxygens (including phenoxy) is 1. The number of fused-ring (bicyclic) bond motifs is 1. The number of benzene rings is 3. The number of amides is 1. The van der Waals surface area contributed by atoms with Crippen molar-refractivity contribution in [2.24, 2.45) is 0 Å². The summed E-state index contributed by atoms with van der Waals surface area (Å²) in [6.45, 7) is 5.93. The van der Waals surface area contributed by atoms with Crippen LogP contribution in [0.15, 0.2) is 60.8 Å². The zero-order valence-electron chi connectivity index (χ0n) is 16.7. The predicted octanol–water partition coefficient (Wildman–Crippen LogP) is 5.17. The second-order valence-corrected chi connectivity index (χ2v) is 7.26. The molecule has 0 bridgehead atoms. The summed E-state index contributed by atoms with van der Waals surface area (Å²) in [5.74, 6) is 0.893. The minimum atomic E-state index is -0.260. The summed E-state index contributed by atoms with van der Waals surface area (Å²) in [6, 6.07) is 18.4. The Morgan fingerprint density at radius 3 is 2.48 bits per heavy atom. The maximum Gasteiger partial charge on any atom is 0.264 e. The molecule has 3 aromatic carbocycles. The molecule has 0 unspecified atom stereocenters. The van der Waals surface area contributed by atoms with Gasteiger partial charge in [0.25, 0.3) is 5.91 Å². The fraction of sp³-hybridized carbons (Fsp3) is 0.167. The molecule has 0 atom stereocenters. The maximum atomic E-state index is 12.3. The zero-order valence-corrected chi connectivity index (χ0v) is 16.7. The number of rotatable bonds is 5. The lowest BCUT2D eigenvalue weighted by Crippen LogP contribution is -2.21. The van der Waals surface area contributed by atoms with Crippen molar-refractivity contribution < 1.29 is 9.53 Å². The van der Waals surface area contributed by atoms with Crippen LogP contribution >= 0.6 is 0 Å². The van der Waals surface area contributed by atoms with Crippen molar-refractivity contribution in [1.29, 1.82) is 0 Å². The molecule has 0 spiro atoms. The SMILES string of the molecule is Cc1cc(C)c(OCC(=O)Nc2nc(-c3ccc4ccccc4c3)c[nH]2)c(C)c1. The highest BCUT2D eigenvalue weighted by atomic mass is 16.5. The number of imidazole rings is 1. The number of nitrogens with zero attached hydrogens (tertiary/aromatic N) is 1. The summed E-state index contributed by atoms with van der Waals surface area (Å²) in [5.41, 5.74) is 4.98. The van der Waals surface area contributed by atoms with Gasteiger partial charge < -0.3 is 9.72 Å². The van der Waals surface area contributed by atoms with E-state index in [9.17, 15) is 4.79 Å². The number of anilines is 1. The third-order valence-electron chi connectivity index (χ3n) is 4.83. The third-order valence-corrected chi connectivity index (χ3v) is 4.83. The number of hydrogen-bond donors (Lipinski definition) is 2. The number of hydrogen-bond acceptors (Lipinski definition) is 3. The molecule has 0 aliphatic rings. The van der Waals surface area contributed by atoms with Gasteiger partial charge in [-0.05, 0) is 48.7 Å². The van der Waals surface area contributed by atoms with Gasteiger partial charge in [0.05, 0.1) is 5.69 Å². The number of nitrogens with one attached hydrogen (secondary N) is 2. The molecule has 1 aromatic heterocycles. The number of H-pyrrole nitrogens is 1. The van der Waals surface area contributed by atoms with Gasteiger partial charge in [0, 0.05) is 11.8 Å². The van der Waals surface area contributed by atoms with Crippen molar-refractivity contribution >= 4 is 22.6 Å². The van der Waals surface area contributed by atoms with Crippen molar-refractivity contribution in [3.8, 4) is 17.0 Å². The van der Waals surface area contributed by atoms with E-state index >= 15 is 0 Å². The van der Waals surface area contributed by atoms with Crippen LogP contribution in [0.3, 0.4) is 0 Å². The molecular weight excluding hydrogens is 362 g/mol. The van der Waals surface area contributed by atoms with Crippen molar-refractivity contribution in [3.63, 3.8) is 0 Å². The lowest BCUT2D eigenvalue weighted by Gasteiger charge is -2.12. The van der Waals surface area contributed by atoms with Crippen LogP contribution in [0.25, 0.3) is 22.0 Å². The van der Waals surface area contributed by atoms with Crippen LogP contribution in [0, 0.1) is 20.8 Å². The minimum Gasteiger partial charge on any atom is -0.483 e. The van der Waals surface area contributed by atoms with Crippen LogP contribution in [0.4, 0.5) is 5.95 Å². The Bertz CT molecular complexity index is 1170. The topological polar surface area (TPSA) is 67.0 Å². The van der Waals surface area contributed by atoms with Crippen LogP contribution in [0.1, 0.15) is 16.7 Å². The number of aryl methyl sites for hydroxylation is 3. The highest BCUT2D eigenvalue weighted by Crippen LogP contribution is 2.25. The molecule has 1 amide bonds. The van der Waals surface area contributed by atoms with Crippen molar-refractivity contribution in [2.75, 3.05) is 11.9 Å². The van der Waals surface area contributed by atoms with Gasteiger partial charge in [-0.15, -0.1) is 0 Å². The van der Waals surface area contributed by atoms with E-state index in [0.717, 1.165) is 33.5 Å². The lowest BCUT2D eigenvalue weighted by molar-refractivity contribution is -0.118. The van der Waals surface area contributed by atoms with Crippen LogP contribution < -0.4 is 10.1 Å². The molecule has 0 fully saturated rings. The van der Waals surface area contributed by atoms with Crippen LogP contribution in [-0.4, -0.2) is 22.5 Å². The Kier molecular flexibility index (Phi) is 5.04. The maximum absolute atomic E-state index is 12.3. The average molecular weight is 385 g/mol. The Hall–Kier alpha value is -3.60. The Balaban J connectivity index is 1.43. The van der Waals surface area contributed by atoms with E-state index in [2.05, 4.69) is 39.6 Å². The fourth-order valence-corrected chi connectivity index (χ4v) is 3.58. The van der Waals surface area contributed by atoms with E-state index in [1.54, 1.807) is 6.20 Å². The second kappa shape index (κ2) is 7.80. The summed E-state index contributed by atoms with van der Waals surface area (Å²) >= 11 is 0. The highest BCUT2D eigenvalue weighted by Gasteiger charge is 2.11. The summed E-state index contributed by atoms with van der Waals surface area (Å²) in [5, 5.41) is 5.09. The largest absolute Gasteiger partial charge is 0.483 e. The summed E-state index contributed by atoms with van der Waals surface area (Å²) in [4.78, 5) is 19.8. The Morgan fingerprint density at radius 1 is 1.00 bits per heavy atom. The number of carbonyl (C=O) groups is 1. The average Bonchev–Trinajstić information content (AvgIpc) is 3.15. The van der Waals surface area contributed by atoms with Crippen molar-refractivity contribution in [3.05, 3.63) is 77.5 Å². The van der Waals surface area contributed by atoms with Crippen LogP contribution in [0.5, 0.6) is 5.75 Å². The monoisotopic (exact) mass is 385 g/mol. The molecular formula is C24H23N3O2. The molecule has 5 nitrogen and oxygen atoms in total. The van der Waals surface area contributed by atoms with E-state index in [1.165, 1.54) is 10.9 Å². The first-order valence-electron chi connectivity index (χ1n) is 9.55. The van der Waals surface area contributed by atoms with E-state index in [4.69, 9.17) is 4.74 Å². The van der Waals surface area contributed by atoms with Gasteiger partial charge in [0.1, 0.15) is 5.75 Å². The van der Waals surface area contributed by atoms with Gasteiger partial charge in [0.2, 0.25) is 5.95 Å². The number of aromatic nitrogens is 2. The predicted molar refractivity (Wildman–Crippen MR) is 116 cm³/mol. The molecule has 4 aromatic rings. The van der Waals surface area contributed by atoms with Gasteiger partial charge in [-0.3, -0.25) is 10.1 Å². The van der Waals surface area contributed by atoms with E-state index < -0.39 is 0 Å². The summed E-state index contributed by atoms with van der Waals surface area (Å²) < 4.78 is 5.74. The Labute approximate surface area is 169 Å². The third kappa shape index (κ3) is 4.14. The standard InChI is InChI=1S/C24H23N3O2/c1-15-10-16(2)23(17(3)11-15)29-14-22(28)27-24-25-13-21(26-24)20-9-8-18-6-4-5-7-19(18)12-20/h4-13H,14H2,1-3H3,(H2,25,26,27,28). The first-order chi connectivity index (χ1) is 14.0. The molecule has 0 radical (unpaired) electrons. The first kappa shape index (κ1) is 18.7. The molecule has 1 heterocycles. The molecule has 146 valence electrons. The van der Waals surface area contributed by atoms with E-state index in [0.29, 0.717) is 5.95 Å². The summed E-state index contributed by atoms with van der Waals surface area (Å²) in [6.07, 6.45) is 1.79. The van der Waals surface area contributed by atoms with Crippen molar-refractivity contribution in [2.45, 2.75) is 20.8 Å². The smallest absolute Gasteiger partial charge is 0.264 e. The highest BCUT2D eigenvalue weighted by molar-refractivity contribution is 5.91. The molecule has 29 heavy (non-hydrogen) atoms. The zero-order chi connectivity index (χ0) is 20.4. The Morgan fingerprint density at radius 2 is 1.72 bits per heavy atom. The quantitative estimate of drug-likeness (QED) is 0.498. The molecule has 5 heteroatoms. The molecule has 4 rings (SSSR count). The number of aromatic amines is 1. The molecule has 0 aliphatic heterocycles. The summed E-state index contributed by atoms with van der Waals surface area (Å²) in [7, 11) is 0. The second-order valence-electron chi connectivity index (χ2n) is 7.26. The molecule has 0 saturated heterocycles. The van der Waals surface area contributed by atoms with Gasteiger partial charge in [-0.1, -0.05) is 54.1 Å². The minimum absolute atomic E-state index is 0.0727. The van der Waals surface area contributed by atoms with Crippen LogP contribution in [-0.2, 0) is 4.79 Å². The molecule has 0 saturated carbocycles. The number of carbonyl (C=O) groups excluding carboxylic acids is 1. The van der Waals surface area contributed by atoms with E-state index in [1.807, 2.05) is 51.1 Å². The van der Waals surface area contributed by atoms with Gasteiger partial charge in [0.15, 0.2) is 6.61 Å². The van der Waals surface area contributed by atoms with Gasteiger partial charge >= 0.3 is 0 Å². The van der Waals surface area contributed by atoms with Crippen LogP contribution in [0.2, 0.25) is 0 Å². The normalized spacial score (nSPS) is 10.9.